The van der Waals surface area contributed by atoms with Crippen molar-refractivity contribution < 1.29 is 5.11 Å². The van der Waals surface area contributed by atoms with Crippen LogP contribution >= 0.6 is 15.9 Å². The second-order valence-corrected chi connectivity index (χ2v) is 5.42. The molecule has 3 rings (SSSR count). The Bertz CT molecular complexity index is 574. The molecule has 0 saturated heterocycles. The minimum atomic E-state index is -0.690. The van der Waals surface area contributed by atoms with Crippen LogP contribution in [0.15, 0.2) is 22.8 Å². The fraction of sp³-hybridized carbons (Fsp3) is 0.385. The predicted octanol–water partition coefficient (Wildman–Crippen LogP) is 2.15. The normalized spacial score (nSPS) is 15.7. The maximum Gasteiger partial charge on any atom is 0.154 e. The molecule has 1 aromatic carbocycles. The Morgan fingerprint density at radius 3 is 2.83 bits per heavy atom. The lowest BCUT2D eigenvalue weighted by Gasteiger charge is -2.13. The van der Waals surface area contributed by atoms with Crippen LogP contribution in [0.2, 0.25) is 0 Å². The quantitative estimate of drug-likeness (QED) is 0.925. The van der Waals surface area contributed by atoms with Gasteiger partial charge in [-0.2, -0.15) is 0 Å². The molecule has 0 fully saturated rings. The summed E-state index contributed by atoms with van der Waals surface area (Å²) in [5.74, 6) is 0. The lowest BCUT2D eigenvalue weighted by Crippen LogP contribution is -2.07. The van der Waals surface area contributed by atoms with E-state index < -0.39 is 6.10 Å². The van der Waals surface area contributed by atoms with Crippen LogP contribution in [0.4, 0.5) is 0 Å². The lowest BCUT2D eigenvalue weighted by atomic mass is 10.0. The number of halogens is 1. The van der Waals surface area contributed by atoms with Crippen molar-refractivity contribution >= 4 is 15.9 Å². The molecule has 0 saturated carbocycles. The highest BCUT2D eigenvalue weighted by Crippen LogP contribution is 2.30. The Kier molecular flexibility index (Phi) is 2.95. The summed E-state index contributed by atoms with van der Waals surface area (Å²) in [5, 5.41) is 18.2. The summed E-state index contributed by atoms with van der Waals surface area (Å²) < 4.78 is 2.19. The fourth-order valence-corrected chi connectivity index (χ4v) is 3.09. The van der Waals surface area contributed by atoms with Crippen LogP contribution in [0, 0.1) is 0 Å². The predicted molar refractivity (Wildman–Crippen MR) is 71.2 cm³/mol. The van der Waals surface area contributed by atoms with E-state index in [9.17, 15) is 5.11 Å². The molecular weight excluding hydrogens is 294 g/mol. The Hall–Kier alpha value is -1.20. The second-order valence-electron chi connectivity index (χ2n) is 4.67. The van der Waals surface area contributed by atoms with Crippen LogP contribution in [0.25, 0.3) is 0 Å². The zero-order chi connectivity index (χ0) is 12.7. The van der Waals surface area contributed by atoms with Crippen molar-refractivity contribution in [2.24, 2.45) is 7.05 Å². The highest BCUT2D eigenvalue weighted by Gasteiger charge is 2.21. The van der Waals surface area contributed by atoms with E-state index in [1.807, 2.05) is 6.07 Å². The van der Waals surface area contributed by atoms with E-state index in [2.05, 4.69) is 38.4 Å². The van der Waals surface area contributed by atoms with Crippen molar-refractivity contribution in [3.63, 3.8) is 0 Å². The first kappa shape index (κ1) is 11.9. The summed E-state index contributed by atoms with van der Waals surface area (Å²) in [6, 6.07) is 6.22. The Balaban J connectivity index is 2.00. The van der Waals surface area contributed by atoms with Gasteiger partial charge in [0.25, 0.3) is 0 Å². The summed E-state index contributed by atoms with van der Waals surface area (Å²) >= 11 is 3.32. The van der Waals surface area contributed by atoms with Crippen molar-refractivity contribution in [1.82, 2.24) is 15.0 Å². The van der Waals surface area contributed by atoms with Gasteiger partial charge in [0, 0.05) is 7.05 Å². The molecule has 1 aliphatic rings. The van der Waals surface area contributed by atoms with Gasteiger partial charge < -0.3 is 5.11 Å². The molecule has 4 nitrogen and oxygen atoms in total. The van der Waals surface area contributed by atoms with Crippen molar-refractivity contribution in [1.29, 1.82) is 0 Å². The number of benzene rings is 1. The standard InChI is InChI=1S/C13H14BrN3O/c1-17-11(13(14)15-16-17)12(18)10-6-5-8-3-2-4-9(8)7-10/h5-7,12,18H,2-4H2,1H3. The van der Waals surface area contributed by atoms with Crippen LogP contribution in [0.3, 0.4) is 0 Å². The third-order valence-corrected chi connectivity index (χ3v) is 4.09. The monoisotopic (exact) mass is 307 g/mol. The van der Waals surface area contributed by atoms with Crippen LogP contribution in [-0.4, -0.2) is 20.1 Å². The van der Waals surface area contributed by atoms with Gasteiger partial charge in [-0.1, -0.05) is 23.4 Å². The highest BCUT2D eigenvalue weighted by atomic mass is 79.9. The third kappa shape index (κ3) is 1.87. The molecule has 5 heteroatoms. The third-order valence-electron chi connectivity index (χ3n) is 3.52. The van der Waals surface area contributed by atoms with E-state index in [1.165, 1.54) is 17.5 Å². The number of nitrogens with zero attached hydrogens (tertiary/aromatic N) is 3. The Labute approximate surface area is 114 Å². The SMILES string of the molecule is Cn1nnc(Br)c1C(O)c1ccc2c(c1)CCC2. The largest absolute Gasteiger partial charge is 0.382 e. The number of fused-ring (bicyclic) bond motifs is 1. The molecule has 1 heterocycles. The first-order valence-electron chi connectivity index (χ1n) is 6.01. The van der Waals surface area contributed by atoms with Crippen LogP contribution in [-0.2, 0) is 19.9 Å². The zero-order valence-corrected chi connectivity index (χ0v) is 11.7. The number of aliphatic hydroxyl groups is 1. The summed E-state index contributed by atoms with van der Waals surface area (Å²) in [6.45, 7) is 0. The van der Waals surface area contributed by atoms with Gasteiger partial charge in [0.15, 0.2) is 4.60 Å². The van der Waals surface area contributed by atoms with Crippen molar-refractivity contribution in [3.05, 3.63) is 45.2 Å². The van der Waals surface area contributed by atoms with Gasteiger partial charge in [-0.25, -0.2) is 4.68 Å². The number of aromatic nitrogens is 3. The van der Waals surface area contributed by atoms with Crippen LogP contribution in [0.5, 0.6) is 0 Å². The van der Waals surface area contributed by atoms with E-state index in [-0.39, 0.29) is 0 Å². The number of rotatable bonds is 2. The minimum absolute atomic E-state index is 0.595. The van der Waals surface area contributed by atoms with E-state index in [4.69, 9.17) is 0 Å². The van der Waals surface area contributed by atoms with E-state index in [0.717, 1.165) is 18.4 Å². The van der Waals surface area contributed by atoms with Gasteiger partial charge in [0.2, 0.25) is 0 Å². The topological polar surface area (TPSA) is 50.9 Å². The molecule has 18 heavy (non-hydrogen) atoms. The van der Waals surface area contributed by atoms with Gasteiger partial charge in [-0.05, 0) is 51.9 Å². The molecule has 1 unspecified atom stereocenters. The molecule has 1 N–H and O–H groups in total. The summed E-state index contributed by atoms with van der Waals surface area (Å²) in [6.07, 6.45) is 2.79. The first-order chi connectivity index (χ1) is 8.66. The average molecular weight is 308 g/mol. The van der Waals surface area contributed by atoms with Crippen LogP contribution in [0.1, 0.15) is 34.9 Å². The number of aryl methyl sites for hydroxylation is 3. The maximum absolute atomic E-state index is 10.4. The van der Waals surface area contributed by atoms with E-state index in [0.29, 0.717) is 10.3 Å². The van der Waals surface area contributed by atoms with Gasteiger partial charge >= 0.3 is 0 Å². The maximum atomic E-state index is 10.4. The summed E-state index contributed by atoms with van der Waals surface area (Å²) in [5.41, 5.74) is 4.36. The summed E-state index contributed by atoms with van der Waals surface area (Å²) in [4.78, 5) is 0. The molecule has 0 aliphatic heterocycles. The molecule has 0 spiro atoms. The van der Waals surface area contributed by atoms with Crippen LogP contribution < -0.4 is 0 Å². The Morgan fingerprint density at radius 1 is 1.33 bits per heavy atom. The molecule has 1 aromatic heterocycles. The first-order valence-corrected chi connectivity index (χ1v) is 6.81. The number of aliphatic hydroxyl groups excluding tert-OH is 1. The molecule has 94 valence electrons. The zero-order valence-electron chi connectivity index (χ0n) is 10.1. The minimum Gasteiger partial charge on any atom is -0.382 e. The van der Waals surface area contributed by atoms with E-state index in [1.54, 1.807) is 11.7 Å². The van der Waals surface area contributed by atoms with Gasteiger partial charge in [0.05, 0.1) is 0 Å². The van der Waals surface area contributed by atoms with Crippen molar-refractivity contribution in [2.45, 2.75) is 25.4 Å². The van der Waals surface area contributed by atoms with Gasteiger partial charge in [0.1, 0.15) is 11.8 Å². The van der Waals surface area contributed by atoms with Gasteiger partial charge in [-0.15, -0.1) is 5.10 Å². The smallest absolute Gasteiger partial charge is 0.154 e. The Morgan fingerprint density at radius 2 is 2.11 bits per heavy atom. The number of hydrogen-bond acceptors (Lipinski definition) is 3. The molecule has 0 amide bonds. The molecule has 0 radical (unpaired) electrons. The lowest BCUT2D eigenvalue weighted by molar-refractivity contribution is 0.209. The molecule has 2 aromatic rings. The molecule has 0 bridgehead atoms. The summed E-state index contributed by atoms with van der Waals surface area (Å²) in [7, 11) is 1.78. The molecule has 1 atom stereocenters. The number of hydrogen-bond donors (Lipinski definition) is 1. The second kappa shape index (κ2) is 4.48. The molecular formula is C13H14BrN3O. The molecule has 1 aliphatic carbocycles. The fourth-order valence-electron chi connectivity index (χ4n) is 2.55. The van der Waals surface area contributed by atoms with Crippen molar-refractivity contribution in [2.75, 3.05) is 0 Å². The highest BCUT2D eigenvalue weighted by molar-refractivity contribution is 9.10. The van der Waals surface area contributed by atoms with Crippen molar-refractivity contribution in [3.8, 4) is 0 Å². The van der Waals surface area contributed by atoms with Gasteiger partial charge in [-0.3, -0.25) is 0 Å². The average Bonchev–Trinajstić information content (AvgIpc) is 2.94. The van der Waals surface area contributed by atoms with E-state index >= 15 is 0 Å².